The van der Waals surface area contributed by atoms with Crippen LogP contribution in [0.5, 0.6) is 0 Å². The molecular weight excluding hydrogens is 226 g/mol. The summed E-state index contributed by atoms with van der Waals surface area (Å²) in [5.74, 6) is 0. The topological polar surface area (TPSA) is 30.5 Å². The van der Waals surface area contributed by atoms with Crippen LogP contribution in [0.4, 0.5) is 0 Å². The summed E-state index contributed by atoms with van der Waals surface area (Å²) in [5.41, 5.74) is -0.0710. The summed E-state index contributed by atoms with van der Waals surface area (Å²) >= 11 is 0. The molecule has 18 heavy (non-hydrogen) atoms. The Balaban J connectivity index is 2.36. The summed E-state index contributed by atoms with van der Waals surface area (Å²) in [6, 6.07) is 0.545. The lowest BCUT2D eigenvalue weighted by atomic mass is 10.0. The molecule has 3 heteroatoms. The van der Waals surface area contributed by atoms with Gasteiger partial charge in [0.05, 0.1) is 11.7 Å². The number of ether oxygens (including phenoxy) is 2. The van der Waals surface area contributed by atoms with E-state index in [1.54, 1.807) is 7.11 Å². The molecule has 2 unspecified atom stereocenters. The third kappa shape index (κ3) is 5.68. The van der Waals surface area contributed by atoms with Crippen molar-refractivity contribution in [2.75, 3.05) is 20.3 Å². The molecule has 0 aromatic carbocycles. The molecule has 1 aliphatic rings. The first kappa shape index (κ1) is 15.9. The van der Waals surface area contributed by atoms with E-state index in [9.17, 15) is 0 Å². The van der Waals surface area contributed by atoms with Crippen molar-refractivity contribution >= 4 is 0 Å². The molecule has 0 saturated heterocycles. The number of hydrogen-bond acceptors (Lipinski definition) is 3. The van der Waals surface area contributed by atoms with Crippen molar-refractivity contribution in [1.82, 2.24) is 5.32 Å². The zero-order valence-electron chi connectivity index (χ0n) is 12.6. The summed E-state index contributed by atoms with van der Waals surface area (Å²) in [5, 5.41) is 3.58. The van der Waals surface area contributed by atoms with Crippen LogP contribution in [0.3, 0.4) is 0 Å². The minimum Gasteiger partial charge on any atom is -0.379 e. The summed E-state index contributed by atoms with van der Waals surface area (Å²) in [7, 11) is 1.77. The highest BCUT2D eigenvalue weighted by molar-refractivity contribution is 4.80. The molecule has 3 nitrogen and oxygen atoms in total. The van der Waals surface area contributed by atoms with E-state index in [0.29, 0.717) is 12.1 Å². The highest BCUT2D eigenvalue weighted by Gasteiger charge is 2.24. The molecule has 0 amide bonds. The maximum Gasteiger partial charge on any atom is 0.0728 e. The fourth-order valence-electron chi connectivity index (χ4n) is 2.53. The van der Waals surface area contributed by atoms with Gasteiger partial charge < -0.3 is 14.8 Å². The normalized spacial score (nSPS) is 26.0. The predicted octanol–water partition coefficient (Wildman–Crippen LogP) is 3.13. The average molecular weight is 257 g/mol. The van der Waals surface area contributed by atoms with Crippen molar-refractivity contribution in [2.24, 2.45) is 0 Å². The van der Waals surface area contributed by atoms with Gasteiger partial charge in [0.25, 0.3) is 0 Å². The van der Waals surface area contributed by atoms with E-state index < -0.39 is 0 Å². The Bertz CT molecular complexity index is 219. The van der Waals surface area contributed by atoms with Gasteiger partial charge in [0.1, 0.15) is 0 Å². The third-order valence-electron chi connectivity index (χ3n) is 4.01. The van der Waals surface area contributed by atoms with Crippen LogP contribution < -0.4 is 5.32 Å². The summed E-state index contributed by atoms with van der Waals surface area (Å²) in [4.78, 5) is 0. The predicted molar refractivity (Wildman–Crippen MR) is 76.0 cm³/mol. The Hall–Kier alpha value is -0.120. The van der Waals surface area contributed by atoms with E-state index in [0.717, 1.165) is 19.6 Å². The van der Waals surface area contributed by atoms with Gasteiger partial charge in [-0.25, -0.2) is 0 Å². The molecule has 0 aliphatic heterocycles. The third-order valence-corrected chi connectivity index (χ3v) is 4.01. The number of likely N-dealkylation sites (N-methyl/N-ethyl adjacent to an activating group) is 1. The van der Waals surface area contributed by atoms with Crippen LogP contribution in [0, 0.1) is 0 Å². The van der Waals surface area contributed by atoms with Gasteiger partial charge in [-0.2, -0.15) is 0 Å². The summed E-state index contributed by atoms with van der Waals surface area (Å²) in [6.45, 7) is 8.24. The van der Waals surface area contributed by atoms with Crippen molar-refractivity contribution in [1.29, 1.82) is 0 Å². The van der Waals surface area contributed by atoms with Gasteiger partial charge in [-0.15, -0.1) is 0 Å². The van der Waals surface area contributed by atoms with E-state index in [1.165, 1.54) is 32.1 Å². The summed E-state index contributed by atoms with van der Waals surface area (Å²) < 4.78 is 11.6. The van der Waals surface area contributed by atoms with Crippen LogP contribution in [0.2, 0.25) is 0 Å². The van der Waals surface area contributed by atoms with Gasteiger partial charge in [-0.1, -0.05) is 26.2 Å². The minimum atomic E-state index is -0.0710. The SMILES string of the molecule is CCNC1CCCCCC1OCCC(C)(C)OC. The minimum absolute atomic E-state index is 0.0710. The molecule has 1 fully saturated rings. The lowest BCUT2D eigenvalue weighted by Gasteiger charge is -2.28. The fourth-order valence-corrected chi connectivity index (χ4v) is 2.53. The van der Waals surface area contributed by atoms with Gasteiger partial charge in [-0.05, 0) is 39.7 Å². The highest BCUT2D eigenvalue weighted by atomic mass is 16.5. The Morgan fingerprint density at radius 2 is 1.89 bits per heavy atom. The van der Waals surface area contributed by atoms with E-state index >= 15 is 0 Å². The first-order valence-corrected chi connectivity index (χ1v) is 7.49. The van der Waals surface area contributed by atoms with Crippen LogP contribution in [-0.4, -0.2) is 38.0 Å². The van der Waals surface area contributed by atoms with Gasteiger partial charge in [0.2, 0.25) is 0 Å². The van der Waals surface area contributed by atoms with Crippen LogP contribution in [0.1, 0.15) is 59.3 Å². The molecular formula is C15H31NO2. The Morgan fingerprint density at radius 1 is 1.17 bits per heavy atom. The summed E-state index contributed by atoms with van der Waals surface area (Å²) in [6.07, 6.45) is 7.79. The molecule has 0 bridgehead atoms. The van der Waals surface area contributed by atoms with Gasteiger partial charge in [0.15, 0.2) is 0 Å². The van der Waals surface area contributed by atoms with Crippen molar-refractivity contribution in [3.63, 3.8) is 0 Å². The van der Waals surface area contributed by atoms with Crippen LogP contribution in [-0.2, 0) is 9.47 Å². The molecule has 1 rings (SSSR count). The maximum absolute atomic E-state index is 6.12. The maximum atomic E-state index is 6.12. The Kier molecular flexibility index (Phi) is 7.20. The molecule has 0 aromatic rings. The van der Waals surface area contributed by atoms with Crippen molar-refractivity contribution in [3.8, 4) is 0 Å². The fraction of sp³-hybridized carbons (Fsp3) is 1.00. The van der Waals surface area contributed by atoms with E-state index in [-0.39, 0.29) is 5.60 Å². The lowest BCUT2D eigenvalue weighted by Crippen LogP contribution is -2.41. The number of rotatable bonds is 7. The largest absolute Gasteiger partial charge is 0.379 e. The van der Waals surface area contributed by atoms with Crippen molar-refractivity contribution in [2.45, 2.75) is 77.0 Å². The standard InChI is InChI=1S/C15H31NO2/c1-5-16-13-9-7-6-8-10-14(13)18-12-11-15(2,3)17-4/h13-14,16H,5-12H2,1-4H3. The highest BCUT2D eigenvalue weighted by Crippen LogP contribution is 2.22. The lowest BCUT2D eigenvalue weighted by molar-refractivity contribution is -0.0362. The second-order valence-electron chi connectivity index (χ2n) is 5.93. The smallest absolute Gasteiger partial charge is 0.0728 e. The second kappa shape index (κ2) is 8.13. The molecule has 1 N–H and O–H groups in total. The molecule has 1 saturated carbocycles. The Labute approximate surface area is 113 Å². The molecule has 108 valence electrons. The number of hydrogen-bond donors (Lipinski definition) is 1. The Morgan fingerprint density at radius 3 is 2.56 bits per heavy atom. The van der Waals surface area contributed by atoms with Crippen LogP contribution in [0.25, 0.3) is 0 Å². The number of methoxy groups -OCH3 is 1. The van der Waals surface area contributed by atoms with Gasteiger partial charge in [-0.3, -0.25) is 0 Å². The van der Waals surface area contributed by atoms with Crippen LogP contribution >= 0.6 is 0 Å². The van der Waals surface area contributed by atoms with E-state index in [4.69, 9.17) is 9.47 Å². The monoisotopic (exact) mass is 257 g/mol. The van der Waals surface area contributed by atoms with Crippen molar-refractivity contribution in [3.05, 3.63) is 0 Å². The van der Waals surface area contributed by atoms with Crippen LogP contribution in [0.15, 0.2) is 0 Å². The first-order valence-electron chi connectivity index (χ1n) is 7.49. The van der Waals surface area contributed by atoms with Crippen molar-refractivity contribution < 1.29 is 9.47 Å². The molecule has 2 atom stereocenters. The zero-order chi connectivity index (χ0) is 13.4. The molecule has 0 radical (unpaired) electrons. The molecule has 0 spiro atoms. The van der Waals surface area contributed by atoms with E-state index in [2.05, 4.69) is 26.1 Å². The number of nitrogens with one attached hydrogen (secondary N) is 1. The van der Waals surface area contributed by atoms with Gasteiger partial charge in [0, 0.05) is 19.8 Å². The first-order chi connectivity index (χ1) is 8.59. The molecule has 0 heterocycles. The van der Waals surface area contributed by atoms with Gasteiger partial charge >= 0.3 is 0 Å². The van der Waals surface area contributed by atoms with E-state index in [1.807, 2.05) is 0 Å². The molecule has 0 aromatic heterocycles. The average Bonchev–Trinajstić information content (AvgIpc) is 2.56. The zero-order valence-corrected chi connectivity index (χ0v) is 12.6. The molecule has 1 aliphatic carbocycles. The second-order valence-corrected chi connectivity index (χ2v) is 5.93. The quantitative estimate of drug-likeness (QED) is 0.711.